The Bertz CT molecular complexity index is 296. The number of amides is 2. The highest BCUT2D eigenvalue weighted by molar-refractivity contribution is 5.82. The van der Waals surface area contributed by atoms with Gasteiger partial charge in [-0.1, -0.05) is 13.3 Å². The standard InChI is InChI=1S/C12H22N2O4/c1-3-5-10(11(15)16)13-12(17)14-7-4-6-9(8-14)18-2/h9-10H,3-8H2,1-2H3,(H,13,17)(H,15,16)/t9?,10-/m1/s1. The first kappa shape index (κ1) is 14.8. The second-order valence-electron chi connectivity index (χ2n) is 4.57. The molecule has 0 saturated carbocycles. The van der Waals surface area contributed by atoms with E-state index in [4.69, 9.17) is 9.84 Å². The molecule has 1 rings (SSSR count). The molecule has 0 aromatic carbocycles. The van der Waals surface area contributed by atoms with Crippen molar-refractivity contribution in [3.8, 4) is 0 Å². The summed E-state index contributed by atoms with van der Waals surface area (Å²) in [5.74, 6) is -0.981. The van der Waals surface area contributed by atoms with Crippen LogP contribution in [0, 0.1) is 0 Å². The number of likely N-dealkylation sites (tertiary alicyclic amines) is 1. The average Bonchev–Trinajstić information content (AvgIpc) is 2.38. The number of hydrogen-bond acceptors (Lipinski definition) is 3. The van der Waals surface area contributed by atoms with Crippen LogP contribution in [0.15, 0.2) is 0 Å². The van der Waals surface area contributed by atoms with Gasteiger partial charge in [0.25, 0.3) is 0 Å². The van der Waals surface area contributed by atoms with Gasteiger partial charge >= 0.3 is 12.0 Å². The van der Waals surface area contributed by atoms with Crippen LogP contribution in [0.2, 0.25) is 0 Å². The highest BCUT2D eigenvalue weighted by Crippen LogP contribution is 2.12. The Morgan fingerprint density at radius 1 is 1.56 bits per heavy atom. The Morgan fingerprint density at radius 2 is 2.28 bits per heavy atom. The maximum atomic E-state index is 11.9. The molecule has 1 aliphatic rings. The van der Waals surface area contributed by atoms with Gasteiger partial charge in [-0.15, -0.1) is 0 Å². The average molecular weight is 258 g/mol. The van der Waals surface area contributed by atoms with Gasteiger partial charge in [0, 0.05) is 20.2 Å². The van der Waals surface area contributed by atoms with E-state index in [0.29, 0.717) is 19.5 Å². The van der Waals surface area contributed by atoms with Crippen molar-refractivity contribution < 1.29 is 19.4 Å². The lowest BCUT2D eigenvalue weighted by atomic mass is 10.1. The molecule has 0 aromatic rings. The van der Waals surface area contributed by atoms with Gasteiger partial charge in [-0.05, 0) is 19.3 Å². The zero-order chi connectivity index (χ0) is 13.5. The smallest absolute Gasteiger partial charge is 0.326 e. The Balaban J connectivity index is 2.50. The Kier molecular flexibility index (Phi) is 5.91. The topological polar surface area (TPSA) is 78.9 Å². The van der Waals surface area contributed by atoms with Crippen LogP contribution in [0.3, 0.4) is 0 Å². The lowest BCUT2D eigenvalue weighted by Gasteiger charge is -2.32. The molecule has 0 spiro atoms. The maximum absolute atomic E-state index is 11.9. The van der Waals surface area contributed by atoms with Gasteiger partial charge in [0.1, 0.15) is 6.04 Å². The third kappa shape index (κ3) is 4.18. The lowest BCUT2D eigenvalue weighted by molar-refractivity contribution is -0.139. The number of aliphatic carboxylic acids is 1. The molecular formula is C12H22N2O4. The van der Waals surface area contributed by atoms with Crippen LogP contribution in [0.25, 0.3) is 0 Å². The highest BCUT2D eigenvalue weighted by atomic mass is 16.5. The first-order valence-electron chi connectivity index (χ1n) is 6.39. The molecule has 104 valence electrons. The molecule has 1 unspecified atom stereocenters. The number of rotatable bonds is 5. The fourth-order valence-electron chi connectivity index (χ4n) is 2.10. The molecule has 6 heteroatoms. The molecule has 18 heavy (non-hydrogen) atoms. The van der Waals surface area contributed by atoms with Crippen LogP contribution >= 0.6 is 0 Å². The van der Waals surface area contributed by atoms with E-state index >= 15 is 0 Å². The molecule has 1 heterocycles. The van der Waals surface area contributed by atoms with Crippen molar-refractivity contribution in [2.24, 2.45) is 0 Å². The van der Waals surface area contributed by atoms with E-state index in [-0.39, 0.29) is 12.1 Å². The summed E-state index contributed by atoms with van der Waals surface area (Å²) in [6, 6.07) is -1.11. The zero-order valence-corrected chi connectivity index (χ0v) is 11.0. The molecule has 1 aliphatic heterocycles. The third-order valence-electron chi connectivity index (χ3n) is 3.17. The number of carbonyl (C=O) groups is 2. The van der Waals surface area contributed by atoms with Crippen molar-refractivity contribution in [1.29, 1.82) is 0 Å². The number of carbonyl (C=O) groups excluding carboxylic acids is 1. The first-order valence-corrected chi connectivity index (χ1v) is 6.39. The zero-order valence-electron chi connectivity index (χ0n) is 11.0. The number of nitrogens with zero attached hydrogens (tertiary/aromatic N) is 1. The molecule has 2 amide bonds. The van der Waals surface area contributed by atoms with Crippen molar-refractivity contribution in [2.45, 2.75) is 44.8 Å². The quantitative estimate of drug-likeness (QED) is 0.773. The fraction of sp³-hybridized carbons (Fsp3) is 0.833. The molecule has 2 N–H and O–H groups in total. The number of urea groups is 1. The molecule has 0 aliphatic carbocycles. The van der Waals surface area contributed by atoms with Crippen LogP contribution in [0.4, 0.5) is 4.79 Å². The van der Waals surface area contributed by atoms with E-state index in [1.54, 1.807) is 12.0 Å². The molecular weight excluding hydrogens is 236 g/mol. The number of hydrogen-bond donors (Lipinski definition) is 2. The predicted molar refractivity (Wildman–Crippen MR) is 66.5 cm³/mol. The van der Waals surface area contributed by atoms with Crippen LogP contribution in [-0.4, -0.2) is 54.4 Å². The number of piperidine rings is 1. The van der Waals surface area contributed by atoms with Crippen molar-refractivity contribution >= 4 is 12.0 Å². The number of carboxylic acids is 1. The van der Waals surface area contributed by atoms with Crippen LogP contribution in [0.5, 0.6) is 0 Å². The van der Waals surface area contributed by atoms with Crippen LogP contribution in [-0.2, 0) is 9.53 Å². The van der Waals surface area contributed by atoms with E-state index in [9.17, 15) is 9.59 Å². The maximum Gasteiger partial charge on any atom is 0.326 e. The third-order valence-corrected chi connectivity index (χ3v) is 3.17. The summed E-state index contributed by atoms with van der Waals surface area (Å²) in [6.07, 6.45) is 3.05. The van der Waals surface area contributed by atoms with Crippen molar-refractivity contribution in [3.63, 3.8) is 0 Å². The van der Waals surface area contributed by atoms with Gasteiger partial charge in [-0.25, -0.2) is 9.59 Å². The molecule has 0 bridgehead atoms. The van der Waals surface area contributed by atoms with E-state index in [0.717, 1.165) is 19.3 Å². The Labute approximate surface area is 107 Å². The summed E-state index contributed by atoms with van der Waals surface area (Å²) >= 11 is 0. The number of methoxy groups -OCH3 is 1. The van der Waals surface area contributed by atoms with Gasteiger partial charge < -0.3 is 20.1 Å². The number of nitrogens with one attached hydrogen (secondary N) is 1. The molecule has 2 atom stereocenters. The normalized spacial score (nSPS) is 21.4. The predicted octanol–water partition coefficient (Wildman–Crippen LogP) is 1.06. The van der Waals surface area contributed by atoms with E-state index in [1.165, 1.54) is 0 Å². The molecule has 6 nitrogen and oxygen atoms in total. The monoisotopic (exact) mass is 258 g/mol. The van der Waals surface area contributed by atoms with E-state index < -0.39 is 12.0 Å². The second kappa shape index (κ2) is 7.20. The minimum absolute atomic E-state index is 0.0546. The molecule has 1 fully saturated rings. The van der Waals surface area contributed by atoms with Crippen molar-refractivity contribution in [2.75, 3.05) is 20.2 Å². The number of ether oxygens (including phenoxy) is 1. The molecule has 0 radical (unpaired) electrons. The summed E-state index contributed by atoms with van der Waals surface area (Å²) in [5.41, 5.74) is 0. The SMILES string of the molecule is CCC[C@@H](NC(=O)N1CCCC(OC)C1)C(=O)O. The van der Waals surface area contributed by atoms with Gasteiger partial charge in [0.2, 0.25) is 0 Å². The Morgan fingerprint density at radius 3 is 2.83 bits per heavy atom. The summed E-state index contributed by atoms with van der Waals surface area (Å²) in [6.45, 7) is 3.08. The van der Waals surface area contributed by atoms with E-state index in [1.807, 2.05) is 6.92 Å². The second-order valence-corrected chi connectivity index (χ2v) is 4.57. The van der Waals surface area contributed by atoms with E-state index in [2.05, 4.69) is 5.32 Å². The van der Waals surface area contributed by atoms with Gasteiger partial charge in [0.05, 0.1) is 6.10 Å². The summed E-state index contributed by atoms with van der Waals surface area (Å²) in [4.78, 5) is 24.5. The van der Waals surface area contributed by atoms with Crippen LogP contribution < -0.4 is 5.32 Å². The summed E-state index contributed by atoms with van der Waals surface area (Å²) in [5, 5.41) is 11.6. The van der Waals surface area contributed by atoms with Crippen molar-refractivity contribution in [3.05, 3.63) is 0 Å². The van der Waals surface area contributed by atoms with Gasteiger partial charge in [0.15, 0.2) is 0 Å². The minimum atomic E-state index is -0.981. The molecule has 1 saturated heterocycles. The van der Waals surface area contributed by atoms with Crippen LogP contribution in [0.1, 0.15) is 32.6 Å². The van der Waals surface area contributed by atoms with Crippen molar-refractivity contribution in [1.82, 2.24) is 10.2 Å². The number of carboxylic acid groups (broad SMARTS) is 1. The van der Waals surface area contributed by atoms with Gasteiger partial charge in [-0.3, -0.25) is 0 Å². The highest BCUT2D eigenvalue weighted by Gasteiger charge is 2.26. The molecule has 0 aromatic heterocycles. The van der Waals surface area contributed by atoms with Gasteiger partial charge in [-0.2, -0.15) is 0 Å². The summed E-state index contributed by atoms with van der Waals surface area (Å²) in [7, 11) is 1.63. The lowest BCUT2D eigenvalue weighted by Crippen LogP contribution is -2.51. The fourth-order valence-corrected chi connectivity index (χ4v) is 2.10. The largest absolute Gasteiger partial charge is 0.480 e. The Hall–Kier alpha value is -1.30. The summed E-state index contributed by atoms with van der Waals surface area (Å²) < 4.78 is 5.23. The minimum Gasteiger partial charge on any atom is -0.480 e. The first-order chi connectivity index (χ1) is 8.58.